The van der Waals surface area contributed by atoms with Crippen LogP contribution in [0.1, 0.15) is 45.1 Å². The molecule has 0 fully saturated rings. The number of aliphatic hydroxyl groups is 1. The van der Waals surface area contributed by atoms with Crippen molar-refractivity contribution in [2.24, 2.45) is 5.92 Å². The number of benzene rings is 1. The number of unbranched alkanes of at least 4 members (excludes halogenated alkanes) is 1. The van der Waals surface area contributed by atoms with E-state index in [4.69, 9.17) is 0 Å². The maximum atomic E-state index is 13.9. The molecule has 106 valence electrons. The van der Waals surface area contributed by atoms with Crippen LogP contribution in [0, 0.1) is 11.7 Å². The molecule has 0 aliphatic rings. The number of hydrogen-bond donors (Lipinski definition) is 2. The second-order valence-corrected chi connectivity index (χ2v) is 4.79. The summed E-state index contributed by atoms with van der Waals surface area (Å²) >= 11 is 0. The molecular weight excluding hydrogens is 247 g/mol. The highest BCUT2D eigenvalue weighted by Crippen LogP contribution is 2.37. The summed E-state index contributed by atoms with van der Waals surface area (Å²) in [6.07, 6.45) is 2.02. The van der Waals surface area contributed by atoms with E-state index in [0.29, 0.717) is 12.8 Å². The molecule has 1 aromatic carbocycles. The van der Waals surface area contributed by atoms with Gasteiger partial charge in [-0.15, -0.1) is 0 Å². The van der Waals surface area contributed by atoms with Crippen molar-refractivity contribution in [2.75, 3.05) is 0 Å². The van der Waals surface area contributed by atoms with Gasteiger partial charge in [-0.2, -0.15) is 0 Å². The Kier molecular flexibility index (Phi) is 5.48. The quantitative estimate of drug-likeness (QED) is 0.797. The lowest BCUT2D eigenvalue weighted by atomic mass is 9.76. The highest BCUT2D eigenvalue weighted by molar-refractivity contribution is 5.72. The van der Waals surface area contributed by atoms with Crippen molar-refractivity contribution in [3.8, 4) is 0 Å². The van der Waals surface area contributed by atoms with Crippen LogP contribution in [0.3, 0.4) is 0 Å². The first-order valence-electron chi connectivity index (χ1n) is 6.67. The first-order chi connectivity index (χ1) is 8.97. The van der Waals surface area contributed by atoms with E-state index in [9.17, 15) is 19.4 Å². The van der Waals surface area contributed by atoms with Crippen molar-refractivity contribution in [1.29, 1.82) is 0 Å². The van der Waals surface area contributed by atoms with Gasteiger partial charge < -0.3 is 10.2 Å². The molecule has 3 nitrogen and oxygen atoms in total. The highest BCUT2D eigenvalue weighted by Gasteiger charge is 2.42. The standard InChI is InChI=1S/C15H21FO3/c1-3-5-8-12(14(17)18)15(19,4-2)11-9-6-7-10-13(11)16/h6-7,9-10,12,19H,3-5,8H2,1-2H3,(H,17,18). The van der Waals surface area contributed by atoms with Crippen LogP contribution >= 0.6 is 0 Å². The third-order valence-electron chi connectivity index (χ3n) is 3.60. The molecular formula is C15H21FO3. The summed E-state index contributed by atoms with van der Waals surface area (Å²) in [5.74, 6) is -2.63. The minimum atomic E-state index is -1.66. The minimum Gasteiger partial charge on any atom is -0.481 e. The van der Waals surface area contributed by atoms with Crippen LogP contribution in [0.2, 0.25) is 0 Å². The zero-order valence-electron chi connectivity index (χ0n) is 11.4. The second kappa shape index (κ2) is 6.66. The molecule has 0 aromatic heterocycles. The number of halogens is 1. The van der Waals surface area contributed by atoms with Gasteiger partial charge in [0.2, 0.25) is 0 Å². The lowest BCUT2D eigenvalue weighted by molar-refractivity contribution is -0.154. The largest absolute Gasteiger partial charge is 0.481 e. The lowest BCUT2D eigenvalue weighted by Crippen LogP contribution is -2.40. The molecule has 0 saturated heterocycles. The van der Waals surface area contributed by atoms with E-state index in [1.165, 1.54) is 18.2 Å². The number of carboxylic acid groups (broad SMARTS) is 1. The van der Waals surface area contributed by atoms with Gasteiger partial charge >= 0.3 is 5.97 Å². The molecule has 4 heteroatoms. The molecule has 0 heterocycles. The van der Waals surface area contributed by atoms with E-state index in [1.807, 2.05) is 6.92 Å². The average molecular weight is 268 g/mol. The van der Waals surface area contributed by atoms with Crippen LogP contribution in [0.5, 0.6) is 0 Å². The third-order valence-corrected chi connectivity index (χ3v) is 3.60. The Morgan fingerprint density at radius 1 is 1.37 bits per heavy atom. The van der Waals surface area contributed by atoms with Gasteiger partial charge in [-0.25, -0.2) is 4.39 Å². The third kappa shape index (κ3) is 3.32. The van der Waals surface area contributed by atoms with Crippen LogP contribution in [-0.4, -0.2) is 16.2 Å². The van der Waals surface area contributed by atoms with Gasteiger partial charge in [0.1, 0.15) is 11.4 Å². The fourth-order valence-electron chi connectivity index (χ4n) is 2.41. The van der Waals surface area contributed by atoms with Crippen molar-refractivity contribution >= 4 is 5.97 Å². The summed E-state index contributed by atoms with van der Waals surface area (Å²) in [5, 5.41) is 20.0. The molecule has 19 heavy (non-hydrogen) atoms. The van der Waals surface area contributed by atoms with E-state index in [0.717, 1.165) is 6.42 Å². The molecule has 0 spiro atoms. The summed E-state index contributed by atoms with van der Waals surface area (Å²) in [7, 11) is 0. The van der Waals surface area contributed by atoms with Crippen LogP contribution in [0.25, 0.3) is 0 Å². The van der Waals surface area contributed by atoms with Crippen molar-refractivity contribution in [3.63, 3.8) is 0 Å². The first-order valence-corrected chi connectivity index (χ1v) is 6.67. The number of carbonyl (C=O) groups is 1. The normalized spacial score (nSPS) is 15.8. The Morgan fingerprint density at radius 2 is 2.00 bits per heavy atom. The van der Waals surface area contributed by atoms with Gasteiger partial charge in [0.15, 0.2) is 0 Å². The fraction of sp³-hybridized carbons (Fsp3) is 0.533. The summed E-state index contributed by atoms with van der Waals surface area (Å²) in [6.45, 7) is 3.63. The van der Waals surface area contributed by atoms with Crippen LogP contribution in [-0.2, 0) is 10.4 Å². The Labute approximate surface area is 113 Å². The summed E-state index contributed by atoms with van der Waals surface area (Å²) in [5.41, 5.74) is -1.59. The molecule has 0 aliphatic carbocycles. The van der Waals surface area contributed by atoms with Crippen molar-refractivity contribution < 1.29 is 19.4 Å². The zero-order chi connectivity index (χ0) is 14.5. The van der Waals surface area contributed by atoms with Crippen LogP contribution < -0.4 is 0 Å². The van der Waals surface area contributed by atoms with E-state index >= 15 is 0 Å². The number of rotatable bonds is 7. The molecule has 0 aliphatic heterocycles. The SMILES string of the molecule is CCCCC(C(=O)O)C(O)(CC)c1ccccc1F. The van der Waals surface area contributed by atoms with Gasteiger partial charge in [-0.3, -0.25) is 4.79 Å². The predicted molar refractivity (Wildman–Crippen MR) is 71.2 cm³/mol. The number of hydrogen-bond acceptors (Lipinski definition) is 2. The van der Waals surface area contributed by atoms with Crippen LogP contribution in [0.15, 0.2) is 24.3 Å². The van der Waals surface area contributed by atoms with Gasteiger partial charge in [0, 0.05) is 5.56 Å². The Balaban J connectivity index is 3.19. The maximum Gasteiger partial charge on any atom is 0.309 e. The summed E-state index contributed by atoms with van der Waals surface area (Å²) < 4.78 is 13.9. The smallest absolute Gasteiger partial charge is 0.309 e. The van der Waals surface area contributed by atoms with Gasteiger partial charge in [0.05, 0.1) is 5.92 Å². The molecule has 0 amide bonds. The lowest BCUT2D eigenvalue weighted by Gasteiger charge is -2.33. The Hall–Kier alpha value is -1.42. The van der Waals surface area contributed by atoms with Crippen LogP contribution in [0.4, 0.5) is 4.39 Å². The highest BCUT2D eigenvalue weighted by atomic mass is 19.1. The van der Waals surface area contributed by atoms with E-state index < -0.39 is 23.3 Å². The maximum absolute atomic E-state index is 13.9. The average Bonchev–Trinajstić information content (AvgIpc) is 2.39. The van der Waals surface area contributed by atoms with Gasteiger partial charge in [0.25, 0.3) is 0 Å². The molecule has 1 aromatic rings. The monoisotopic (exact) mass is 268 g/mol. The number of carboxylic acids is 1. The molecule has 1 rings (SSSR count). The molecule has 2 N–H and O–H groups in total. The molecule has 0 saturated carbocycles. The molecule has 2 atom stereocenters. The van der Waals surface area contributed by atoms with Gasteiger partial charge in [-0.1, -0.05) is 44.9 Å². The molecule has 2 unspecified atom stereocenters. The minimum absolute atomic E-state index is 0.0704. The Morgan fingerprint density at radius 3 is 2.47 bits per heavy atom. The molecule has 0 radical (unpaired) electrons. The van der Waals surface area contributed by atoms with E-state index in [2.05, 4.69) is 0 Å². The van der Waals surface area contributed by atoms with E-state index in [-0.39, 0.29) is 12.0 Å². The summed E-state index contributed by atoms with van der Waals surface area (Å²) in [6, 6.07) is 5.84. The Bertz CT molecular complexity index is 433. The topological polar surface area (TPSA) is 57.5 Å². The predicted octanol–water partition coefficient (Wildman–Crippen LogP) is 3.31. The first kappa shape index (κ1) is 15.6. The van der Waals surface area contributed by atoms with Crippen molar-refractivity contribution in [2.45, 2.75) is 45.1 Å². The second-order valence-electron chi connectivity index (χ2n) is 4.79. The van der Waals surface area contributed by atoms with Crippen molar-refractivity contribution in [3.05, 3.63) is 35.6 Å². The van der Waals surface area contributed by atoms with Crippen molar-refractivity contribution in [1.82, 2.24) is 0 Å². The fourth-order valence-corrected chi connectivity index (χ4v) is 2.41. The zero-order valence-corrected chi connectivity index (χ0v) is 11.4. The van der Waals surface area contributed by atoms with E-state index in [1.54, 1.807) is 13.0 Å². The van der Waals surface area contributed by atoms with Gasteiger partial charge in [-0.05, 0) is 18.9 Å². The summed E-state index contributed by atoms with van der Waals surface area (Å²) in [4.78, 5) is 11.4. The number of aliphatic carboxylic acids is 1. The molecule has 0 bridgehead atoms.